The highest BCUT2D eigenvalue weighted by molar-refractivity contribution is 6.42. The Kier molecular flexibility index (Phi) is 7.81. The number of carbonyl (C=O) groups is 2. The fraction of sp³-hybridized carbons (Fsp3) is 0.529. The van der Waals surface area contributed by atoms with Gasteiger partial charge in [0.2, 0.25) is 0 Å². The van der Waals surface area contributed by atoms with Crippen LogP contribution in [0.2, 0.25) is 10.0 Å². The number of likely N-dealkylation sites (tertiary alicyclic amines) is 1. The van der Waals surface area contributed by atoms with Crippen molar-refractivity contribution in [1.29, 1.82) is 0 Å². The average molecular weight is 389 g/mol. The van der Waals surface area contributed by atoms with Gasteiger partial charge in [-0.15, -0.1) is 0 Å². The lowest BCUT2D eigenvalue weighted by Crippen LogP contribution is -2.46. The third-order valence-corrected chi connectivity index (χ3v) is 4.78. The largest absolute Gasteiger partial charge is 0.481 e. The summed E-state index contributed by atoms with van der Waals surface area (Å²) in [4.78, 5) is 24.2. The molecule has 0 aromatic heterocycles. The predicted molar refractivity (Wildman–Crippen MR) is 96.1 cm³/mol. The lowest BCUT2D eigenvalue weighted by molar-refractivity contribution is -0.137. The molecule has 0 radical (unpaired) electrons. The standard InChI is InChI=1S/C17H22Cl2N2O4/c18-14-4-3-12(10-15(14)19)11-25-13-5-8-21(9-6-13)17(24)20-7-1-2-16(22)23/h3-4,10,13H,1-2,5-9,11H2,(H,20,24)(H,22,23). The number of benzene rings is 1. The topological polar surface area (TPSA) is 78.9 Å². The molecule has 0 spiro atoms. The van der Waals surface area contributed by atoms with E-state index in [1.165, 1.54) is 0 Å². The van der Waals surface area contributed by atoms with Gasteiger partial charge >= 0.3 is 12.0 Å². The summed E-state index contributed by atoms with van der Waals surface area (Å²) >= 11 is 11.9. The summed E-state index contributed by atoms with van der Waals surface area (Å²) in [6.45, 7) is 2.08. The van der Waals surface area contributed by atoms with Crippen LogP contribution in [0.4, 0.5) is 4.79 Å². The number of nitrogens with zero attached hydrogens (tertiary/aromatic N) is 1. The fourth-order valence-electron chi connectivity index (χ4n) is 2.62. The van der Waals surface area contributed by atoms with E-state index in [0.717, 1.165) is 18.4 Å². The molecule has 138 valence electrons. The van der Waals surface area contributed by atoms with E-state index >= 15 is 0 Å². The molecule has 1 fully saturated rings. The molecule has 0 saturated carbocycles. The Balaban J connectivity index is 1.66. The van der Waals surface area contributed by atoms with Crippen LogP contribution in [0, 0.1) is 0 Å². The molecule has 2 N–H and O–H groups in total. The highest BCUT2D eigenvalue weighted by Gasteiger charge is 2.23. The summed E-state index contributed by atoms with van der Waals surface area (Å²) in [7, 11) is 0. The van der Waals surface area contributed by atoms with Gasteiger partial charge in [-0.05, 0) is 37.0 Å². The van der Waals surface area contributed by atoms with Crippen molar-refractivity contribution in [2.75, 3.05) is 19.6 Å². The Hall–Kier alpha value is -1.50. The first-order valence-electron chi connectivity index (χ1n) is 8.26. The van der Waals surface area contributed by atoms with Gasteiger partial charge < -0.3 is 20.1 Å². The Bertz CT molecular complexity index is 604. The van der Waals surface area contributed by atoms with Crippen molar-refractivity contribution >= 4 is 35.2 Å². The van der Waals surface area contributed by atoms with Gasteiger partial charge in [0.15, 0.2) is 0 Å². The van der Waals surface area contributed by atoms with E-state index in [2.05, 4.69) is 5.32 Å². The minimum atomic E-state index is -0.853. The van der Waals surface area contributed by atoms with Gasteiger partial charge in [-0.25, -0.2) is 4.79 Å². The molecular formula is C17H22Cl2N2O4. The molecule has 6 nitrogen and oxygen atoms in total. The molecule has 1 aliphatic rings. The Morgan fingerprint density at radius 1 is 1.24 bits per heavy atom. The van der Waals surface area contributed by atoms with E-state index in [1.807, 2.05) is 6.07 Å². The molecule has 2 rings (SSSR count). The first kappa shape index (κ1) is 19.8. The summed E-state index contributed by atoms with van der Waals surface area (Å²) in [6, 6.07) is 5.28. The molecule has 1 aromatic carbocycles. The fourth-order valence-corrected chi connectivity index (χ4v) is 2.94. The summed E-state index contributed by atoms with van der Waals surface area (Å²) in [6.07, 6.45) is 2.13. The smallest absolute Gasteiger partial charge is 0.317 e. The maximum atomic E-state index is 12.0. The molecule has 1 aliphatic heterocycles. The van der Waals surface area contributed by atoms with E-state index in [-0.39, 0.29) is 18.6 Å². The molecule has 0 bridgehead atoms. The number of rotatable bonds is 7. The molecule has 8 heteroatoms. The van der Waals surface area contributed by atoms with Crippen molar-refractivity contribution < 1.29 is 19.4 Å². The first-order valence-corrected chi connectivity index (χ1v) is 9.01. The molecular weight excluding hydrogens is 367 g/mol. The van der Waals surface area contributed by atoms with E-state index in [4.69, 9.17) is 33.0 Å². The number of nitrogens with one attached hydrogen (secondary N) is 1. The Labute approximate surface area is 157 Å². The van der Waals surface area contributed by atoms with E-state index in [9.17, 15) is 9.59 Å². The number of hydrogen-bond acceptors (Lipinski definition) is 3. The molecule has 0 atom stereocenters. The second-order valence-electron chi connectivity index (χ2n) is 5.98. The third-order valence-electron chi connectivity index (χ3n) is 4.04. The van der Waals surface area contributed by atoms with Crippen LogP contribution < -0.4 is 5.32 Å². The molecule has 25 heavy (non-hydrogen) atoms. The monoisotopic (exact) mass is 388 g/mol. The van der Waals surface area contributed by atoms with Crippen LogP contribution in [0.1, 0.15) is 31.2 Å². The van der Waals surface area contributed by atoms with Gasteiger partial charge in [0.25, 0.3) is 0 Å². The van der Waals surface area contributed by atoms with Crippen molar-refractivity contribution in [1.82, 2.24) is 10.2 Å². The van der Waals surface area contributed by atoms with Crippen molar-refractivity contribution in [3.05, 3.63) is 33.8 Å². The maximum Gasteiger partial charge on any atom is 0.317 e. The Morgan fingerprint density at radius 2 is 1.96 bits per heavy atom. The zero-order valence-electron chi connectivity index (χ0n) is 13.8. The normalized spacial score (nSPS) is 15.2. The number of aliphatic carboxylic acids is 1. The van der Waals surface area contributed by atoms with Gasteiger partial charge in [0.1, 0.15) is 0 Å². The van der Waals surface area contributed by atoms with Gasteiger partial charge in [-0.1, -0.05) is 29.3 Å². The third kappa shape index (κ3) is 6.72. The Morgan fingerprint density at radius 3 is 2.60 bits per heavy atom. The SMILES string of the molecule is O=C(O)CCCNC(=O)N1CCC(OCc2ccc(Cl)c(Cl)c2)CC1. The number of piperidine rings is 1. The van der Waals surface area contributed by atoms with Crippen molar-refractivity contribution in [2.45, 2.75) is 38.4 Å². The number of amides is 2. The van der Waals surface area contributed by atoms with Crippen LogP contribution in [0.5, 0.6) is 0 Å². The van der Waals surface area contributed by atoms with Crippen molar-refractivity contribution in [3.63, 3.8) is 0 Å². The van der Waals surface area contributed by atoms with Gasteiger partial charge in [-0.3, -0.25) is 4.79 Å². The maximum absolute atomic E-state index is 12.0. The lowest BCUT2D eigenvalue weighted by Gasteiger charge is -2.32. The van der Waals surface area contributed by atoms with Gasteiger partial charge in [-0.2, -0.15) is 0 Å². The molecule has 2 amide bonds. The minimum Gasteiger partial charge on any atom is -0.481 e. The van der Waals surface area contributed by atoms with E-state index in [0.29, 0.717) is 42.7 Å². The minimum absolute atomic E-state index is 0.0604. The molecule has 1 aromatic rings. The van der Waals surface area contributed by atoms with E-state index < -0.39 is 5.97 Å². The van der Waals surface area contributed by atoms with Crippen LogP contribution in [-0.2, 0) is 16.1 Å². The average Bonchev–Trinajstić information content (AvgIpc) is 2.60. The first-order chi connectivity index (χ1) is 12.0. The molecule has 1 saturated heterocycles. The number of carbonyl (C=O) groups excluding carboxylic acids is 1. The van der Waals surface area contributed by atoms with Gasteiger partial charge in [0.05, 0.1) is 22.8 Å². The van der Waals surface area contributed by atoms with Crippen molar-refractivity contribution in [2.24, 2.45) is 0 Å². The number of carboxylic acid groups (broad SMARTS) is 1. The summed E-state index contributed by atoms with van der Waals surface area (Å²) in [5, 5.41) is 12.3. The number of halogens is 2. The van der Waals surface area contributed by atoms with E-state index in [1.54, 1.807) is 17.0 Å². The summed E-state index contributed by atoms with van der Waals surface area (Å²) < 4.78 is 5.89. The van der Waals surface area contributed by atoms with Crippen LogP contribution in [-0.4, -0.2) is 47.7 Å². The zero-order valence-corrected chi connectivity index (χ0v) is 15.4. The van der Waals surface area contributed by atoms with Gasteiger partial charge in [0, 0.05) is 26.1 Å². The van der Waals surface area contributed by atoms with Crippen LogP contribution in [0.3, 0.4) is 0 Å². The van der Waals surface area contributed by atoms with Crippen LogP contribution >= 0.6 is 23.2 Å². The number of hydrogen-bond donors (Lipinski definition) is 2. The zero-order chi connectivity index (χ0) is 18.2. The summed E-state index contributed by atoms with van der Waals surface area (Å²) in [5.74, 6) is -0.853. The van der Waals surface area contributed by atoms with Crippen LogP contribution in [0.25, 0.3) is 0 Å². The predicted octanol–water partition coefficient (Wildman–Crippen LogP) is 3.55. The molecule has 1 heterocycles. The lowest BCUT2D eigenvalue weighted by atomic mass is 10.1. The highest BCUT2D eigenvalue weighted by Crippen LogP contribution is 2.24. The second-order valence-corrected chi connectivity index (χ2v) is 6.79. The van der Waals surface area contributed by atoms with Crippen LogP contribution in [0.15, 0.2) is 18.2 Å². The quantitative estimate of drug-likeness (QED) is 0.699. The van der Waals surface area contributed by atoms with Crippen molar-refractivity contribution in [3.8, 4) is 0 Å². The number of carboxylic acids is 1. The number of ether oxygens (including phenoxy) is 1. The number of urea groups is 1. The summed E-state index contributed by atoms with van der Waals surface area (Å²) in [5.41, 5.74) is 0.966. The highest BCUT2D eigenvalue weighted by atomic mass is 35.5. The molecule has 0 aliphatic carbocycles. The second kappa shape index (κ2) is 9.85. The molecule has 0 unspecified atom stereocenters.